The number of para-hydroxylation sites is 2. The average Bonchev–Trinajstić information content (AvgIpc) is 3.95. The maximum Gasteiger partial charge on any atom is 0.143 e. The summed E-state index contributed by atoms with van der Waals surface area (Å²) in [5.74, 6) is 0. The summed E-state index contributed by atoms with van der Waals surface area (Å²) >= 11 is 1.71. The van der Waals surface area contributed by atoms with Gasteiger partial charge in [0.15, 0.2) is 0 Å². The molecule has 0 amide bonds. The van der Waals surface area contributed by atoms with E-state index in [9.17, 15) is 0 Å². The smallest absolute Gasteiger partial charge is 0.143 e. The molecule has 254 valence electrons. The number of rotatable bonds is 6. The van der Waals surface area contributed by atoms with Gasteiger partial charge >= 0.3 is 0 Å². The lowest BCUT2D eigenvalue weighted by molar-refractivity contribution is 0.669. The summed E-state index contributed by atoms with van der Waals surface area (Å²) in [4.78, 5) is 7.51. The van der Waals surface area contributed by atoms with Gasteiger partial charge in [-0.3, -0.25) is 0 Å². The SMILES string of the molecule is c1ccc(-c2ccc(N(c3cccc(-c4cccc5c4oc4ccccc45)c3)c3ccc4oc5ccc6sc(-c7ccccc7)nc6c5c4c3)cc2)cc1. The lowest BCUT2D eigenvalue weighted by atomic mass is 10.0. The average molecular weight is 711 g/mol. The Morgan fingerprint density at radius 2 is 1.07 bits per heavy atom. The maximum atomic E-state index is 6.48. The van der Waals surface area contributed by atoms with E-state index in [-0.39, 0.29) is 0 Å². The Bertz CT molecular complexity index is 3160. The topological polar surface area (TPSA) is 42.4 Å². The minimum Gasteiger partial charge on any atom is -0.456 e. The van der Waals surface area contributed by atoms with E-state index in [0.29, 0.717) is 0 Å². The van der Waals surface area contributed by atoms with Crippen molar-refractivity contribution in [2.45, 2.75) is 0 Å². The van der Waals surface area contributed by atoms with Crippen molar-refractivity contribution in [3.8, 4) is 32.8 Å². The normalized spacial score (nSPS) is 11.7. The molecule has 0 unspecified atom stereocenters. The van der Waals surface area contributed by atoms with E-state index < -0.39 is 0 Å². The Balaban J connectivity index is 1.10. The fourth-order valence-corrected chi connectivity index (χ4v) is 8.73. The number of benzene rings is 8. The van der Waals surface area contributed by atoms with Crippen molar-refractivity contribution < 1.29 is 8.83 Å². The number of aromatic nitrogens is 1. The van der Waals surface area contributed by atoms with E-state index in [1.165, 1.54) is 11.1 Å². The van der Waals surface area contributed by atoms with Crippen molar-refractivity contribution in [1.82, 2.24) is 4.98 Å². The van der Waals surface area contributed by atoms with Crippen LogP contribution in [0.1, 0.15) is 0 Å². The molecule has 3 heterocycles. The van der Waals surface area contributed by atoms with Crippen LogP contribution in [0, 0.1) is 0 Å². The number of furan rings is 2. The van der Waals surface area contributed by atoms with Crippen molar-refractivity contribution in [3.05, 3.63) is 182 Å². The second-order valence-electron chi connectivity index (χ2n) is 13.5. The molecule has 0 aliphatic rings. The van der Waals surface area contributed by atoms with Crippen LogP contribution in [-0.2, 0) is 0 Å². The van der Waals surface area contributed by atoms with Crippen LogP contribution in [0.5, 0.6) is 0 Å². The van der Waals surface area contributed by atoms with E-state index in [1.54, 1.807) is 11.3 Å². The summed E-state index contributed by atoms with van der Waals surface area (Å²) in [7, 11) is 0. The summed E-state index contributed by atoms with van der Waals surface area (Å²) in [5.41, 5.74) is 13.1. The van der Waals surface area contributed by atoms with Gasteiger partial charge in [0, 0.05) is 44.3 Å². The third-order valence-corrected chi connectivity index (χ3v) is 11.4. The molecule has 4 nitrogen and oxygen atoms in total. The van der Waals surface area contributed by atoms with Gasteiger partial charge < -0.3 is 13.7 Å². The first-order chi connectivity index (χ1) is 26.7. The molecule has 54 heavy (non-hydrogen) atoms. The van der Waals surface area contributed by atoms with Crippen LogP contribution in [-0.4, -0.2) is 4.98 Å². The molecule has 11 rings (SSSR count). The first kappa shape index (κ1) is 30.7. The van der Waals surface area contributed by atoms with Crippen molar-refractivity contribution in [1.29, 1.82) is 0 Å². The maximum absolute atomic E-state index is 6.48. The molecule has 8 aromatic carbocycles. The van der Waals surface area contributed by atoms with Crippen molar-refractivity contribution in [3.63, 3.8) is 0 Å². The highest BCUT2D eigenvalue weighted by Crippen LogP contribution is 2.44. The number of nitrogens with zero attached hydrogens (tertiary/aromatic N) is 2. The Morgan fingerprint density at radius 3 is 1.93 bits per heavy atom. The highest BCUT2D eigenvalue weighted by atomic mass is 32.1. The van der Waals surface area contributed by atoms with Crippen LogP contribution >= 0.6 is 11.3 Å². The largest absolute Gasteiger partial charge is 0.456 e. The minimum absolute atomic E-state index is 0.833. The van der Waals surface area contributed by atoms with Gasteiger partial charge in [0.05, 0.1) is 15.6 Å². The van der Waals surface area contributed by atoms with Crippen LogP contribution in [0.3, 0.4) is 0 Å². The molecule has 0 saturated heterocycles. The van der Waals surface area contributed by atoms with Crippen LogP contribution in [0.2, 0.25) is 0 Å². The molecule has 5 heteroatoms. The van der Waals surface area contributed by atoms with Crippen LogP contribution in [0.25, 0.3) is 86.9 Å². The lowest BCUT2D eigenvalue weighted by Gasteiger charge is -2.26. The van der Waals surface area contributed by atoms with Crippen molar-refractivity contribution in [2.75, 3.05) is 4.90 Å². The first-order valence-electron chi connectivity index (χ1n) is 18.0. The fourth-order valence-electron chi connectivity index (χ4n) is 7.75. The molecule has 0 spiro atoms. The standard InChI is InChI=1S/C49H30N2O2S/c1-3-11-31(12-4-1)32-21-23-35(24-22-32)51(36-16-9-15-34(29-36)38-18-10-19-40-39-17-7-8-20-42(39)53-48(38)40)37-25-26-43-41(30-37)46-44(52-43)27-28-45-47(46)50-49(54-45)33-13-5-2-6-14-33/h1-30H. The second kappa shape index (κ2) is 12.3. The van der Waals surface area contributed by atoms with E-state index >= 15 is 0 Å². The van der Waals surface area contributed by atoms with Crippen molar-refractivity contribution in [2.24, 2.45) is 0 Å². The van der Waals surface area contributed by atoms with Gasteiger partial charge in [-0.05, 0) is 77.4 Å². The Labute approximate surface area is 314 Å². The second-order valence-corrected chi connectivity index (χ2v) is 14.6. The van der Waals surface area contributed by atoms with Gasteiger partial charge in [-0.1, -0.05) is 121 Å². The zero-order chi connectivity index (χ0) is 35.6. The van der Waals surface area contributed by atoms with Gasteiger partial charge in [-0.25, -0.2) is 4.98 Å². The minimum atomic E-state index is 0.833. The zero-order valence-electron chi connectivity index (χ0n) is 28.9. The van der Waals surface area contributed by atoms with Crippen molar-refractivity contribution >= 4 is 82.5 Å². The summed E-state index contributed by atoms with van der Waals surface area (Å²) in [6, 6.07) is 63.8. The molecule has 0 aliphatic heterocycles. The quantitative estimate of drug-likeness (QED) is 0.172. The van der Waals surface area contributed by atoms with E-state index in [4.69, 9.17) is 13.8 Å². The molecule has 0 fully saturated rings. The molecule has 0 radical (unpaired) electrons. The Kier molecular flexibility index (Phi) is 7.00. The predicted molar refractivity (Wildman–Crippen MR) is 225 cm³/mol. The summed E-state index contributed by atoms with van der Waals surface area (Å²) < 4.78 is 14.1. The Hall–Kier alpha value is -6.95. The van der Waals surface area contributed by atoms with E-state index in [0.717, 1.165) is 92.9 Å². The molecule has 3 aromatic heterocycles. The number of hydrogen-bond acceptors (Lipinski definition) is 5. The van der Waals surface area contributed by atoms with E-state index in [2.05, 4.69) is 169 Å². The molecule has 0 atom stereocenters. The van der Waals surface area contributed by atoms with Gasteiger partial charge in [0.2, 0.25) is 0 Å². The number of thiazole rings is 1. The summed E-state index contributed by atoms with van der Waals surface area (Å²) in [5, 5.41) is 5.30. The third kappa shape index (κ3) is 5.01. The number of hydrogen-bond donors (Lipinski definition) is 0. The molecular formula is C49H30N2O2S. The van der Waals surface area contributed by atoms with Gasteiger partial charge in [0.1, 0.15) is 27.3 Å². The lowest BCUT2D eigenvalue weighted by Crippen LogP contribution is -2.10. The summed E-state index contributed by atoms with van der Waals surface area (Å²) in [6.45, 7) is 0. The zero-order valence-corrected chi connectivity index (χ0v) is 29.8. The van der Waals surface area contributed by atoms with Crippen LogP contribution in [0.4, 0.5) is 17.1 Å². The predicted octanol–water partition coefficient (Wildman–Crippen LogP) is 14.6. The molecule has 0 N–H and O–H groups in total. The monoisotopic (exact) mass is 710 g/mol. The van der Waals surface area contributed by atoms with Gasteiger partial charge in [-0.15, -0.1) is 11.3 Å². The van der Waals surface area contributed by atoms with Crippen LogP contribution in [0.15, 0.2) is 191 Å². The molecule has 0 aliphatic carbocycles. The van der Waals surface area contributed by atoms with Crippen LogP contribution < -0.4 is 4.90 Å². The fraction of sp³-hybridized carbons (Fsp3) is 0. The molecular weight excluding hydrogens is 681 g/mol. The highest BCUT2D eigenvalue weighted by Gasteiger charge is 2.20. The third-order valence-electron chi connectivity index (χ3n) is 10.3. The van der Waals surface area contributed by atoms with Gasteiger partial charge in [-0.2, -0.15) is 0 Å². The molecule has 0 saturated carbocycles. The Morgan fingerprint density at radius 1 is 0.426 bits per heavy atom. The molecule has 0 bridgehead atoms. The van der Waals surface area contributed by atoms with Gasteiger partial charge in [0.25, 0.3) is 0 Å². The summed E-state index contributed by atoms with van der Waals surface area (Å²) in [6.07, 6.45) is 0. The highest BCUT2D eigenvalue weighted by molar-refractivity contribution is 7.21. The first-order valence-corrected chi connectivity index (χ1v) is 18.8. The number of fused-ring (bicyclic) bond motifs is 8. The number of anilines is 3. The molecule has 11 aromatic rings. The van der Waals surface area contributed by atoms with E-state index in [1.807, 2.05) is 18.2 Å².